The predicted octanol–water partition coefficient (Wildman–Crippen LogP) is 3.15. The van der Waals surface area contributed by atoms with Crippen LogP contribution in [0.25, 0.3) is 0 Å². The highest BCUT2D eigenvalue weighted by Gasteiger charge is 2.44. The summed E-state index contributed by atoms with van der Waals surface area (Å²) in [5.41, 5.74) is 1.26. The molecule has 1 aromatic rings. The summed E-state index contributed by atoms with van der Waals surface area (Å²) in [5.74, 6) is 0.976. The third-order valence-electron chi connectivity index (χ3n) is 3.27. The van der Waals surface area contributed by atoms with Crippen LogP contribution in [0.1, 0.15) is 32.4 Å². The fourth-order valence-electron chi connectivity index (χ4n) is 2.46. The largest absolute Gasteiger partial charge is 0.441 e. The first-order chi connectivity index (χ1) is 8.06. The minimum Gasteiger partial charge on any atom is -0.441 e. The van der Waals surface area contributed by atoms with Gasteiger partial charge in [-0.25, -0.2) is 0 Å². The van der Waals surface area contributed by atoms with Gasteiger partial charge in [-0.15, -0.1) is 0 Å². The fraction of sp³-hybridized carbons (Fsp3) is 0.400. The van der Waals surface area contributed by atoms with Crippen molar-refractivity contribution in [3.63, 3.8) is 0 Å². The van der Waals surface area contributed by atoms with Crippen LogP contribution in [0.15, 0.2) is 43.0 Å². The van der Waals surface area contributed by atoms with Crippen LogP contribution in [0.2, 0.25) is 0 Å². The minimum atomic E-state index is 0.0127. The number of rotatable bonds is 3. The zero-order valence-electron chi connectivity index (χ0n) is 10.8. The average Bonchev–Trinajstić information content (AvgIpc) is 2.58. The maximum atomic E-state index is 5.68. The molecule has 0 aromatic heterocycles. The molecular formula is C15H20NO+. The number of hydrogen-bond donors (Lipinski definition) is 0. The number of benzene rings is 1. The summed E-state index contributed by atoms with van der Waals surface area (Å²) < 4.78 is 7.98. The van der Waals surface area contributed by atoms with Crippen molar-refractivity contribution in [3.05, 3.63) is 48.6 Å². The molecule has 0 aliphatic carbocycles. The van der Waals surface area contributed by atoms with E-state index in [4.69, 9.17) is 4.74 Å². The second-order valence-corrected chi connectivity index (χ2v) is 5.08. The molecule has 2 nitrogen and oxygen atoms in total. The SMILES string of the molecule is C=CC(c1ccccc1)[N+]1=C(C)OCC1(C)C. The Labute approximate surface area is 103 Å². The van der Waals surface area contributed by atoms with E-state index in [1.165, 1.54) is 5.56 Å². The van der Waals surface area contributed by atoms with Crippen molar-refractivity contribution in [2.75, 3.05) is 6.61 Å². The van der Waals surface area contributed by atoms with Gasteiger partial charge in [-0.1, -0.05) is 36.9 Å². The summed E-state index contributed by atoms with van der Waals surface area (Å²) in [6, 6.07) is 10.6. The molecule has 90 valence electrons. The summed E-state index contributed by atoms with van der Waals surface area (Å²) in [6.07, 6.45) is 1.98. The quantitative estimate of drug-likeness (QED) is 0.574. The number of nitrogens with zero attached hydrogens (tertiary/aromatic N) is 1. The molecule has 17 heavy (non-hydrogen) atoms. The Bertz CT molecular complexity index is 445. The molecule has 0 bridgehead atoms. The molecule has 0 saturated heterocycles. The molecule has 1 atom stereocenters. The molecule has 0 amide bonds. The van der Waals surface area contributed by atoms with Gasteiger partial charge in [-0.3, -0.25) is 0 Å². The molecule has 1 heterocycles. The van der Waals surface area contributed by atoms with Gasteiger partial charge in [-0.2, -0.15) is 4.58 Å². The lowest BCUT2D eigenvalue weighted by atomic mass is 10.00. The highest BCUT2D eigenvalue weighted by molar-refractivity contribution is 5.69. The Hall–Kier alpha value is -1.57. The van der Waals surface area contributed by atoms with Crippen LogP contribution in [0, 0.1) is 0 Å². The fourth-order valence-corrected chi connectivity index (χ4v) is 2.46. The van der Waals surface area contributed by atoms with Gasteiger partial charge >= 0.3 is 5.90 Å². The summed E-state index contributed by atoms with van der Waals surface area (Å²) >= 11 is 0. The molecule has 0 N–H and O–H groups in total. The Morgan fingerprint density at radius 3 is 2.47 bits per heavy atom. The lowest BCUT2D eigenvalue weighted by Crippen LogP contribution is -2.38. The van der Waals surface area contributed by atoms with Crippen LogP contribution in [-0.2, 0) is 4.74 Å². The van der Waals surface area contributed by atoms with Gasteiger partial charge in [0.2, 0.25) is 0 Å². The molecule has 0 radical (unpaired) electrons. The molecule has 1 aromatic carbocycles. The van der Waals surface area contributed by atoms with Crippen molar-refractivity contribution < 1.29 is 9.31 Å². The van der Waals surface area contributed by atoms with Crippen LogP contribution in [0.4, 0.5) is 0 Å². The van der Waals surface area contributed by atoms with E-state index in [0.29, 0.717) is 0 Å². The van der Waals surface area contributed by atoms with Gasteiger partial charge in [0.1, 0.15) is 0 Å². The van der Waals surface area contributed by atoms with Gasteiger partial charge in [0.15, 0.2) is 18.2 Å². The molecule has 2 rings (SSSR count). The summed E-state index contributed by atoms with van der Waals surface area (Å²) in [6.45, 7) is 11.1. The van der Waals surface area contributed by atoms with E-state index in [1.807, 2.05) is 19.1 Å². The molecule has 0 fully saturated rings. The van der Waals surface area contributed by atoms with Crippen LogP contribution in [0.3, 0.4) is 0 Å². The molecule has 1 unspecified atom stereocenters. The maximum absolute atomic E-state index is 5.68. The van der Waals surface area contributed by atoms with Crippen molar-refractivity contribution in [2.45, 2.75) is 32.4 Å². The van der Waals surface area contributed by atoms with E-state index in [0.717, 1.165) is 12.5 Å². The number of hydrogen-bond acceptors (Lipinski definition) is 1. The summed E-state index contributed by atoms with van der Waals surface area (Å²) in [4.78, 5) is 0. The molecule has 0 saturated carbocycles. The minimum absolute atomic E-state index is 0.0127. The lowest BCUT2D eigenvalue weighted by molar-refractivity contribution is -0.619. The smallest absolute Gasteiger partial charge is 0.334 e. The van der Waals surface area contributed by atoms with Gasteiger partial charge in [0, 0.05) is 19.4 Å². The topological polar surface area (TPSA) is 12.2 Å². The van der Waals surface area contributed by atoms with E-state index in [9.17, 15) is 0 Å². The first-order valence-corrected chi connectivity index (χ1v) is 5.99. The maximum Gasteiger partial charge on any atom is 0.334 e. The van der Waals surface area contributed by atoms with Crippen molar-refractivity contribution >= 4 is 5.90 Å². The lowest BCUT2D eigenvalue weighted by Gasteiger charge is -2.20. The van der Waals surface area contributed by atoms with Gasteiger partial charge in [-0.05, 0) is 6.08 Å². The summed E-state index contributed by atoms with van der Waals surface area (Å²) in [5, 5.41) is 0. The molecule has 1 aliphatic rings. The monoisotopic (exact) mass is 230 g/mol. The number of ether oxygens (including phenoxy) is 1. The predicted molar refractivity (Wildman–Crippen MR) is 70.4 cm³/mol. The van der Waals surface area contributed by atoms with Crippen molar-refractivity contribution in [2.24, 2.45) is 0 Å². The Kier molecular flexibility index (Phi) is 3.05. The van der Waals surface area contributed by atoms with Crippen molar-refractivity contribution in [1.29, 1.82) is 0 Å². The average molecular weight is 230 g/mol. The van der Waals surface area contributed by atoms with Crippen LogP contribution in [0.5, 0.6) is 0 Å². The van der Waals surface area contributed by atoms with E-state index in [-0.39, 0.29) is 11.6 Å². The Morgan fingerprint density at radius 1 is 1.35 bits per heavy atom. The Balaban J connectivity index is 2.44. The normalized spacial score (nSPS) is 19.9. The second-order valence-electron chi connectivity index (χ2n) is 5.08. The van der Waals surface area contributed by atoms with E-state index >= 15 is 0 Å². The van der Waals surface area contributed by atoms with Gasteiger partial charge < -0.3 is 4.74 Å². The van der Waals surface area contributed by atoms with Crippen molar-refractivity contribution in [3.8, 4) is 0 Å². The van der Waals surface area contributed by atoms with Crippen LogP contribution >= 0.6 is 0 Å². The zero-order chi connectivity index (χ0) is 12.5. The van der Waals surface area contributed by atoms with E-state index < -0.39 is 0 Å². The highest BCUT2D eigenvalue weighted by Crippen LogP contribution is 2.29. The van der Waals surface area contributed by atoms with Crippen LogP contribution < -0.4 is 0 Å². The first-order valence-electron chi connectivity index (χ1n) is 5.99. The van der Waals surface area contributed by atoms with Crippen molar-refractivity contribution in [1.82, 2.24) is 0 Å². The third kappa shape index (κ3) is 2.12. The molecular weight excluding hydrogens is 210 g/mol. The standard InChI is InChI=1S/C15H20NO/c1-5-14(13-9-7-6-8-10-13)16-12(2)17-11-15(16,3)4/h5-10,14H,1,11H2,2-4H3/q+1. The van der Waals surface area contributed by atoms with Gasteiger partial charge in [0.05, 0.1) is 6.92 Å². The molecule has 0 spiro atoms. The molecule has 1 aliphatic heterocycles. The van der Waals surface area contributed by atoms with E-state index in [2.05, 4.69) is 49.3 Å². The van der Waals surface area contributed by atoms with Gasteiger partial charge in [0.25, 0.3) is 0 Å². The Morgan fingerprint density at radius 2 is 2.00 bits per heavy atom. The highest BCUT2D eigenvalue weighted by atomic mass is 16.5. The second kappa shape index (κ2) is 4.36. The first kappa shape index (κ1) is 11.9. The van der Waals surface area contributed by atoms with Crippen LogP contribution in [-0.4, -0.2) is 22.6 Å². The summed E-state index contributed by atoms with van der Waals surface area (Å²) in [7, 11) is 0. The zero-order valence-corrected chi connectivity index (χ0v) is 10.8. The van der Waals surface area contributed by atoms with E-state index in [1.54, 1.807) is 0 Å². The third-order valence-corrected chi connectivity index (χ3v) is 3.27. The molecule has 2 heteroatoms.